The lowest BCUT2D eigenvalue weighted by atomic mass is 10.1. The Morgan fingerprint density at radius 1 is 1.19 bits per heavy atom. The zero-order chi connectivity index (χ0) is 11.0. The van der Waals surface area contributed by atoms with Gasteiger partial charge in [-0.2, -0.15) is 0 Å². The van der Waals surface area contributed by atoms with Crippen LogP contribution >= 0.6 is 22.7 Å². The number of hydrogen-bond acceptors (Lipinski definition) is 4. The lowest BCUT2D eigenvalue weighted by Crippen LogP contribution is -1.98. The third-order valence-corrected chi connectivity index (χ3v) is 4.12. The SMILES string of the molecule is O=C(c1cncs1)c1cccc2ccsc12. The topological polar surface area (TPSA) is 30.0 Å². The molecule has 0 amide bonds. The van der Waals surface area contributed by atoms with E-state index in [0.717, 1.165) is 15.6 Å². The number of nitrogens with zero attached hydrogens (tertiary/aromatic N) is 1. The molecule has 0 saturated heterocycles. The van der Waals surface area contributed by atoms with E-state index in [9.17, 15) is 4.79 Å². The van der Waals surface area contributed by atoms with Crippen molar-refractivity contribution < 1.29 is 4.79 Å². The summed E-state index contributed by atoms with van der Waals surface area (Å²) in [5.74, 6) is 0.0653. The van der Waals surface area contributed by atoms with Gasteiger partial charge in [0.15, 0.2) is 0 Å². The summed E-state index contributed by atoms with van der Waals surface area (Å²) in [6.07, 6.45) is 1.62. The molecule has 16 heavy (non-hydrogen) atoms. The monoisotopic (exact) mass is 245 g/mol. The molecular weight excluding hydrogens is 238 g/mol. The Hall–Kier alpha value is -1.52. The summed E-state index contributed by atoms with van der Waals surface area (Å²) >= 11 is 2.98. The Bertz CT molecular complexity index is 640. The van der Waals surface area contributed by atoms with Gasteiger partial charge in [-0.05, 0) is 22.9 Å². The van der Waals surface area contributed by atoms with E-state index in [2.05, 4.69) is 4.98 Å². The molecule has 3 rings (SSSR count). The summed E-state index contributed by atoms with van der Waals surface area (Å²) in [6.45, 7) is 0. The molecule has 0 aliphatic carbocycles. The summed E-state index contributed by atoms with van der Waals surface area (Å²) in [7, 11) is 0. The molecule has 0 fully saturated rings. The first-order valence-electron chi connectivity index (χ1n) is 4.75. The summed E-state index contributed by atoms with van der Waals surface area (Å²) in [5.41, 5.74) is 2.46. The van der Waals surface area contributed by atoms with Crippen molar-refractivity contribution in [3.63, 3.8) is 0 Å². The molecule has 0 aliphatic rings. The minimum absolute atomic E-state index is 0.0653. The Morgan fingerprint density at radius 3 is 2.94 bits per heavy atom. The van der Waals surface area contributed by atoms with Crippen molar-refractivity contribution in [1.29, 1.82) is 0 Å². The molecule has 0 saturated carbocycles. The fraction of sp³-hybridized carbons (Fsp3) is 0. The van der Waals surface area contributed by atoms with Gasteiger partial charge in [0, 0.05) is 16.5 Å². The van der Waals surface area contributed by atoms with Gasteiger partial charge in [0.1, 0.15) is 0 Å². The van der Waals surface area contributed by atoms with E-state index in [-0.39, 0.29) is 5.78 Å². The van der Waals surface area contributed by atoms with Crippen LogP contribution in [0.4, 0.5) is 0 Å². The molecule has 0 radical (unpaired) electrons. The highest BCUT2D eigenvalue weighted by Crippen LogP contribution is 2.27. The van der Waals surface area contributed by atoms with Gasteiger partial charge in [0.05, 0.1) is 10.4 Å². The maximum absolute atomic E-state index is 12.2. The predicted octanol–water partition coefficient (Wildman–Crippen LogP) is 3.59. The van der Waals surface area contributed by atoms with Crippen LogP contribution in [0, 0.1) is 0 Å². The van der Waals surface area contributed by atoms with Crippen LogP contribution in [-0.2, 0) is 0 Å². The second kappa shape index (κ2) is 3.81. The van der Waals surface area contributed by atoms with E-state index in [0.29, 0.717) is 4.88 Å². The van der Waals surface area contributed by atoms with Crippen LogP contribution in [0.1, 0.15) is 15.2 Å². The van der Waals surface area contributed by atoms with Crippen molar-refractivity contribution >= 4 is 38.5 Å². The highest BCUT2D eigenvalue weighted by molar-refractivity contribution is 7.18. The maximum Gasteiger partial charge on any atom is 0.206 e. The quantitative estimate of drug-likeness (QED) is 0.646. The predicted molar refractivity (Wildman–Crippen MR) is 67.4 cm³/mol. The first kappa shape index (κ1) is 9.69. The average Bonchev–Trinajstić information content (AvgIpc) is 2.98. The molecule has 4 heteroatoms. The Labute approximate surface area is 100 Å². The van der Waals surface area contributed by atoms with E-state index < -0.39 is 0 Å². The van der Waals surface area contributed by atoms with Crippen molar-refractivity contribution in [1.82, 2.24) is 4.98 Å². The molecule has 0 atom stereocenters. The van der Waals surface area contributed by atoms with Gasteiger partial charge in [-0.15, -0.1) is 22.7 Å². The van der Waals surface area contributed by atoms with Crippen LogP contribution in [-0.4, -0.2) is 10.8 Å². The molecule has 78 valence electrons. The average molecular weight is 245 g/mol. The van der Waals surface area contributed by atoms with Crippen LogP contribution in [0.15, 0.2) is 41.4 Å². The Balaban J connectivity index is 2.19. The van der Waals surface area contributed by atoms with Crippen molar-refractivity contribution in [3.05, 3.63) is 51.8 Å². The van der Waals surface area contributed by atoms with E-state index in [1.54, 1.807) is 23.0 Å². The molecule has 0 bridgehead atoms. The summed E-state index contributed by atoms with van der Waals surface area (Å²) in [4.78, 5) is 16.8. The molecule has 3 aromatic rings. The molecule has 0 aliphatic heterocycles. The molecule has 0 N–H and O–H groups in total. The van der Waals surface area contributed by atoms with Crippen LogP contribution in [0.5, 0.6) is 0 Å². The number of aromatic nitrogens is 1. The molecule has 0 spiro atoms. The minimum Gasteiger partial charge on any atom is -0.288 e. The fourth-order valence-electron chi connectivity index (χ4n) is 1.63. The molecule has 1 aromatic carbocycles. The lowest BCUT2D eigenvalue weighted by Gasteiger charge is -1.99. The van der Waals surface area contributed by atoms with Crippen molar-refractivity contribution in [3.8, 4) is 0 Å². The number of fused-ring (bicyclic) bond motifs is 1. The van der Waals surface area contributed by atoms with Gasteiger partial charge < -0.3 is 0 Å². The van der Waals surface area contributed by atoms with Gasteiger partial charge >= 0.3 is 0 Å². The zero-order valence-electron chi connectivity index (χ0n) is 8.21. The van der Waals surface area contributed by atoms with Crippen molar-refractivity contribution in [2.24, 2.45) is 0 Å². The van der Waals surface area contributed by atoms with Gasteiger partial charge in [0.2, 0.25) is 5.78 Å². The van der Waals surface area contributed by atoms with E-state index >= 15 is 0 Å². The number of carbonyl (C=O) groups excluding carboxylic acids is 1. The first-order chi connectivity index (χ1) is 7.86. The number of ketones is 1. The second-order valence-corrected chi connectivity index (χ2v) is 5.14. The number of benzene rings is 1. The summed E-state index contributed by atoms with van der Waals surface area (Å²) in [5, 5.41) is 3.13. The van der Waals surface area contributed by atoms with Gasteiger partial charge in [0.25, 0.3) is 0 Å². The number of hydrogen-bond donors (Lipinski definition) is 0. The zero-order valence-corrected chi connectivity index (χ0v) is 9.85. The normalized spacial score (nSPS) is 10.8. The Kier molecular flexibility index (Phi) is 2.31. The van der Waals surface area contributed by atoms with E-state index in [1.165, 1.54) is 11.3 Å². The third kappa shape index (κ3) is 1.47. The van der Waals surface area contributed by atoms with Crippen LogP contribution < -0.4 is 0 Å². The highest BCUT2D eigenvalue weighted by Gasteiger charge is 2.14. The molecular formula is C12H7NOS2. The fourth-order valence-corrected chi connectivity index (χ4v) is 3.12. The molecule has 2 nitrogen and oxygen atoms in total. The van der Waals surface area contributed by atoms with E-state index in [1.807, 2.05) is 29.6 Å². The number of thiazole rings is 1. The van der Waals surface area contributed by atoms with Crippen LogP contribution in [0.2, 0.25) is 0 Å². The van der Waals surface area contributed by atoms with Gasteiger partial charge in [-0.25, -0.2) is 0 Å². The smallest absolute Gasteiger partial charge is 0.206 e. The summed E-state index contributed by atoms with van der Waals surface area (Å²) < 4.78 is 1.06. The van der Waals surface area contributed by atoms with Crippen molar-refractivity contribution in [2.75, 3.05) is 0 Å². The molecule has 2 aromatic heterocycles. The first-order valence-corrected chi connectivity index (χ1v) is 6.51. The van der Waals surface area contributed by atoms with Gasteiger partial charge in [-0.1, -0.05) is 12.1 Å². The third-order valence-electron chi connectivity index (χ3n) is 2.38. The minimum atomic E-state index is 0.0653. The van der Waals surface area contributed by atoms with Gasteiger partial charge in [-0.3, -0.25) is 9.78 Å². The van der Waals surface area contributed by atoms with Crippen LogP contribution in [0.3, 0.4) is 0 Å². The Morgan fingerprint density at radius 2 is 2.12 bits per heavy atom. The maximum atomic E-state index is 12.2. The molecule has 2 heterocycles. The highest BCUT2D eigenvalue weighted by atomic mass is 32.1. The van der Waals surface area contributed by atoms with Crippen LogP contribution in [0.25, 0.3) is 10.1 Å². The van der Waals surface area contributed by atoms with E-state index in [4.69, 9.17) is 0 Å². The van der Waals surface area contributed by atoms with Crippen molar-refractivity contribution in [2.45, 2.75) is 0 Å². The standard InChI is InChI=1S/C12H7NOS2/c14-11(10-6-13-7-16-10)9-3-1-2-8-4-5-15-12(8)9/h1-7H. The number of thiophene rings is 1. The number of rotatable bonds is 2. The lowest BCUT2D eigenvalue weighted by molar-refractivity contribution is 0.104. The second-order valence-electron chi connectivity index (χ2n) is 3.34. The summed E-state index contributed by atoms with van der Waals surface area (Å²) in [6, 6.07) is 7.85. The number of carbonyl (C=O) groups is 1. The largest absolute Gasteiger partial charge is 0.288 e. The molecule has 0 unspecified atom stereocenters.